The normalized spacial score (nSPS) is 10.2. The highest BCUT2D eigenvalue weighted by atomic mass is 16.5. The summed E-state index contributed by atoms with van der Waals surface area (Å²) >= 11 is 0. The first kappa shape index (κ1) is 25.1. The molecule has 37 heavy (non-hydrogen) atoms. The highest BCUT2D eigenvalue weighted by molar-refractivity contribution is 5.94. The van der Waals surface area contributed by atoms with Crippen molar-refractivity contribution >= 4 is 34.3 Å². The molecule has 0 unspecified atom stereocenters. The van der Waals surface area contributed by atoms with Gasteiger partial charge in [-0.3, -0.25) is 14.6 Å². The molecule has 0 atom stereocenters. The molecule has 0 aliphatic carbocycles. The molecule has 0 saturated carbocycles. The van der Waals surface area contributed by atoms with E-state index in [1.54, 1.807) is 19.3 Å². The van der Waals surface area contributed by atoms with E-state index < -0.39 is 11.9 Å². The van der Waals surface area contributed by atoms with Crippen LogP contribution in [0.1, 0.15) is 24.5 Å². The third-order valence-electron chi connectivity index (χ3n) is 5.15. The van der Waals surface area contributed by atoms with Gasteiger partial charge >= 0.3 is 5.97 Å². The lowest BCUT2D eigenvalue weighted by Gasteiger charge is -2.12. The topological polar surface area (TPSA) is 115 Å². The van der Waals surface area contributed by atoms with E-state index >= 15 is 0 Å². The summed E-state index contributed by atoms with van der Waals surface area (Å²) in [5, 5.41) is 6.73. The lowest BCUT2D eigenvalue weighted by Crippen LogP contribution is -2.26. The first-order chi connectivity index (χ1) is 18.0. The summed E-state index contributed by atoms with van der Waals surface area (Å²) in [4.78, 5) is 35.9. The average molecular weight is 496 g/mol. The zero-order chi connectivity index (χ0) is 26.0. The summed E-state index contributed by atoms with van der Waals surface area (Å²) in [5.41, 5.74) is 3.29. The highest BCUT2D eigenvalue weighted by Crippen LogP contribution is 2.29. The van der Waals surface area contributed by atoms with Crippen LogP contribution in [-0.2, 0) is 14.3 Å². The van der Waals surface area contributed by atoms with Gasteiger partial charge in [0, 0.05) is 22.8 Å². The number of aromatic nitrogens is 3. The monoisotopic (exact) mass is 495 g/mol. The SMILES string of the molecule is CCOC(=O)CC(=O)NCC#Cc1ccc2ncnc(Nc3ccc(Oc4cccnc4)c(C)c3)c2c1. The number of anilines is 2. The molecule has 2 aromatic carbocycles. The smallest absolute Gasteiger partial charge is 0.315 e. The Bertz CT molecular complexity index is 1480. The zero-order valence-corrected chi connectivity index (χ0v) is 20.4. The number of ether oxygens (including phenoxy) is 2. The number of benzene rings is 2. The number of carbonyl (C=O) groups is 2. The lowest BCUT2D eigenvalue weighted by molar-refractivity contribution is -0.145. The summed E-state index contributed by atoms with van der Waals surface area (Å²) in [7, 11) is 0. The summed E-state index contributed by atoms with van der Waals surface area (Å²) in [6, 6.07) is 15.0. The van der Waals surface area contributed by atoms with Gasteiger partial charge in [0.05, 0.1) is 24.9 Å². The van der Waals surface area contributed by atoms with Gasteiger partial charge < -0.3 is 20.1 Å². The molecule has 0 saturated heterocycles. The third-order valence-corrected chi connectivity index (χ3v) is 5.15. The maximum Gasteiger partial charge on any atom is 0.315 e. The second kappa shape index (κ2) is 12.1. The van der Waals surface area contributed by atoms with E-state index in [0.29, 0.717) is 11.6 Å². The maximum absolute atomic E-state index is 11.8. The van der Waals surface area contributed by atoms with Gasteiger partial charge in [-0.15, -0.1) is 0 Å². The second-order valence-corrected chi connectivity index (χ2v) is 7.91. The molecule has 1 amide bonds. The van der Waals surface area contributed by atoms with Crippen molar-refractivity contribution in [2.24, 2.45) is 0 Å². The zero-order valence-electron chi connectivity index (χ0n) is 20.4. The number of nitrogens with one attached hydrogen (secondary N) is 2. The van der Waals surface area contributed by atoms with Gasteiger partial charge in [-0.1, -0.05) is 11.8 Å². The number of carbonyl (C=O) groups excluding carboxylic acids is 2. The van der Waals surface area contributed by atoms with Crippen LogP contribution >= 0.6 is 0 Å². The van der Waals surface area contributed by atoms with E-state index in [1.807, 2.05) is 55.5 Å². The molecule has 2 N–H and O–H groups in total. The van der Waals surface area contributed by atoms with Crippen LogP contribution in [0.5, 0.6) is 11.5 Å². The molecule has 4 rings (SSSR count). The Morgan fingerprint density at radius 3 is 2.76 bits per heavy atom. The summed E-state index contributed by atoms with van der Waals surface area (Å²) in [6.45, 7) is 4.00. The lowest BCUT2D eigenvalue weighted by atomic mass is 10.1. The van der Waals surface area contributed by atoms with Crippen LogP contribution in [0, 0.1) is 18.8 Å². The van der Waals surface area contributed by atoms with Gasteiger partial charge in [0.2, 0.25) is 5.91 Å². The number of hydrogen-bond donors (Lipinski definition) is 2. The fourth-order valence-corrected chi connectivity index (χ4v) is 3.44. The van der Waals surface area contributed by atoms with Gasteiger partial charge in [-0.05, 0) is 67.9 Å². The standard InChI is InChI=1S/C28H25N5O4/c1-3-36-27(35)16-26(34)30-13-4-6-20-8-10-24-23(15-20)28(32-18-31-24)33-21-9-11-25(19(2)14-21)37-22-7-5-12-29-17-22/h5,7-12,14-15,17-18H,3,13,16H2,1-2H3,(H,30,34)(H,31,32,33). The van der Waals surface area contributed by atoms with E-state index in [4.69, 9.17) is 9.47 Å². The second-order valence-electron chi connectivity index (χ2n) is 7.91. The number of esters is 1. The van der Waals surface area contributed by atoms with E-state index in [2.05, 4.69) is 37.4 Å². The van der Waals surface area contributed by atoms with Gasteiger partial charge in [0.1, 0.15) is 30.1 Å². The molecule has 9 heteroatoms. The largest absolute Gasteiger partial charge is 0.466 e. The fraction of sp³-hybridized carbons (Fsp3) is 0.179. The predicted molar refractivity (Wildman–Crippen MR) is 139 cm³/mol. The van der Waals surface area contributed by atoms with E-state index in [-0.39, 0.29) is 19.6 Å². The first-order valence-corrected chi connectivity index (χ1v) is 11.6. The number of hydrogen-bond acceptors (Lipinski definition) is 8. The van der Waals surface area contributed by atoms with Crippen LogP contribution in [0.3, 0.4) is 0 Å². The molecule has 0 bridgehead atoms. The number of fused-ring (bicyclic) bond motifs is 1. The minimum Gasteiger partial charge on any atom is -0.466 e. The Balaban J connectivity index is 1.45. The Labute approximate surface area is 214 Å². The maximum atomic E-state index is 11.8. The molecule has 9 nitrogen and oxygen atoms in total. The minimum atomic E-state index is -0.562. The quantitative estimate of drug-likeness (QED) is 0.211. The number of nitrogens with zero attached hydrogens (tertiary/aromatic N) is 3. The van der Waals surface area contributed by atoms with Crippen molar-refractivity contribution in [3.05, 3.63) is 78.4 Å². The Kier molecular flexibility index (Phi) is 8.24. The van der Waals surface area contributed by atoms with Gasteiger partial charge in [0.25, 0.3) is 0 Å². The van der Waals surface area contributed by atoms with Crippen molar-refractivity contribution in [3.63, 3.8) is 0 Å². The van der Waals surface area contributed by atoms with Crippen molar-refractivity contribution < 1.29 is 19.1 Å². The Morgan fingerprint density at radius 2 is 1.97 bits per heavy atom. The number of pyridine rings is 1. The van der Waals surface area contributed by atoms with Crippen LogP contribution in [-0.4, -0.2) is 40.0 Å². The number of aryl methyl sites for hydroxylation is 1. The summed E-state index contributed by atoms with van der Waals surface area (Å²) < 4.78 is 10.7. The molecule has 0 fully saturated rings. The van der Waals surface area contributed by atoms with Crippen LogP contribution in [0.25, 0.3) is 10.9 Å². The van der Waals surface area contributed by atoms with Crippen molar-refractivity contribution in [3.8, 4) is 23.3 Å². The van der Waals surface area contributed by atoms with Crippen molar-refractivity contribution in [1.29, 1.82) is 0 Å². The van der Waals surface area contributed by atoms with Crippen molar-refractivity contribution in [2.45, 2.75) is 20.3 Å². The van der Waals surface area contributed by atoms with E-state index in [1.165, 1.54) is 6.33 Å². The molecule has 0 aliphatic rings. The minimum absolute atomic E-state index is 0.111. The van der Waals surface area contributed by atoms with Crippen molar-refractivity contribution in [1.82, 2.24) is 20.3 Å². The average Bonchev–Trinajstić information content (AvgIpc) is 2.89. The number of amides is 1. The molecule has 2 heterocycles. The van der Waals surface area contributed by atoms with Crippen LogP contribution in [0.4, 0.5) is 11.5 Å². The molecule has 0 radical (unpaired) electrons. The molecule has 4 aromatic rings. The molecule has 0 spiro atoms. The van der Waals surface area contributed by atoms with Gasteiger partial charge in [-0.25, -0.2) is 9.97 Å². The molecule has 186 valence electrons. The van der Waals surface area contributed by atoms with E-state index in [0.717, 1.165) is 33.5 Å². The van der Waals surface area contributed by atoms with Crippen LogP contribution in [0.15, 0.2) is 67.3 Å². The highest BCUT2D eigenvalue weighted by Gasteiger charge is 2.09. The molecule has 2 aromatic heterocycles. The summed E-state index contributed by atoms with van der Waals surface area (Å²) in [5.74, 6) is 6.95. The Morgan fingerprint density at radius 1 is 1.08 bits per heavy atom. The molecular weight excluding hydrogens is 470 g/mol. The van der Waals surface area contributed by atoms with Crippen LogP contribution in [0.2, 0.25) is 0 Å². The molecular formula is C28H25N5O4. The van der Waals surface area contributed by atoms with Crippen molar-refractivity contribution in [2.75, 3.05) is 18.5 Å². The fourth-order valence-electron chi connectivity index (χ4n) is 3.44. The molecule has 0 aliphatic heterocycles. The Hall–Kier alpha value is -4.97. The number of rotatable bonds is 8. The third kappa shape index (κ3) is 7.02. The van der Waals surface area contributed by atoms with Crippen LogP contribution < -0.4 is 15.4 Å². The first-order valence-electron chi connectivity index (χ1n) is 11.6. The van der Waals surface area contributed by atoms with Gasteiger partial charge in [0.15, 0.2) is 0 Å². The van der Waals surface area contributed by atoms with Gasteiger partial charge in [-0.2, -0.15) is 0 Å². The summed E-state index contributed by atoms with van der Waals surface area (Å²) in [6.07, 6.45) is 4.54. The predicted octanol–water partition coefficient (Wildman–Crippen LogP) is 4.29. The van der Waals surface area contributed by atoms with E-state index in [9.17, 15) is 9.59 Å².